The third-order valence-electron chi connectivity index (χ3n) is 3.32. The van der Waals surface area contributed by atoms with Gasteiger partial charge in [0.1, 0.15) is 30.0 Å². The van der Waals surface area contributed by atoms with Gasteiger partial charge >= 0.3 is 0 Å². The molecular weight excluding hydrogens is 338 g/mol. The van der Waals surface area contributed by atoms with E-state index in [0.29, 0.717) is 17.5 Å². The first-order valence-corrected chi connectivity index (χ1v) is 8.31. The minimum absolute atomic E-state index is 0.111. The zero-order valence-electron chi connectivity index (χ0n) is 13.8. The van der Waals surface area contributed by atoms with Crippen LogP contribution >= 0.6 is 11.6 Å². The van der Waals surface area contributed by atoms with E-state index in [4.69, 9.17) is 25.8 Å². The molecule has 0 amide bonds. The van der Waals surface area contributed by atoms with Gasteiger partial charge in [0.2, 0.25) is 5.88 Å². The van der Waals surface area contributed by atoms with Gasteiger partial charge in [0.25, 0.3) is 0 Å². The van der Waals surface area contributed by atoms with Gasteiger partial charge in [-0.05, 0) is 61.5 Å². The Balaban J connectivity index is 1.49. The van der Waals surface area contributed by atoms with Crippen LogP contribution in [0.2, 0.25) is 5.02 Å². The number of rotatable bonds is 7. The highest BCUT2D eigenvalue weighted by Crippen LogP contribution is 2.25. The zero-order valence-corrected chi connectivity index (χ0v) is 14.5. The molecule has 3 aromatic rings. The van der Waals surface area contributed by atoms with Gasteiger partial charge in [-0.15, -0.1) is 0 Å². The maximum Gasteiger partial charge on any atom is 0.213 e. The fourth-order valence-corrected chi connectivity index (χ4v) is 2.24. The third-order valence-corrected chi connectivity index (χ3v) is 3.57. The SMILES string of the molecule is CC(COc1ccc(Oc2ccc(Cl)cc2)cc1)Oc1ccccn1. The van der Waals surface area contributed by atoms with Gasteiger partial charge < -0.3 is 14.2 Å². The molecule has 128 valence electrons. The lowest BCUT2D eigenvalue weighted by molar-refractivity contribution is 0.138. The summed E-state index contributed by atoms with van der Waals surface area (Å²) in [5.41, 5.74) is 0. The second-order valence-electron chi connectivity index (χ2n) is 5.43. The van der Waals surface area contributed by atoms with E-state index in [2.05, 4.69) is 4.98 Å². The van der Waals surface area contributed by atoms with Gasteiger partial charge in [-0.25, -0.2) is 4.98 Å². The average molecular weight is 356 g/mol. The zero-order chi connectivity index (χ0) is 17.5. The van der Waals surface area contributed by atoms with E-state index in [-0.39, 0.29) is 6.10 Å². The van der Waals surface area contributed by atoms with Crippen LogP contribution in [-0.2, 0) is 0 Å². The second-order valence-corrected chi connectivity index (χ2v) is 5.87. The summed E-state index contributed by atoms with van der Waals surface area (Å²) in [4.78, 5) is 4.13. The van der Waals surface area contributed by atoms with E-state index >= 15 is 0 Å². The van der Waals surface area contributed by atoms with Crippen molar-refractivity contribution in [3.8, 4) is 23.1 Å². The van der Waals surface area contributed by atoms with Crippen molar-refractivity contribution in [3.63, 3.8) is 0 Å². The molecule has 3 rings (SSSR count). The third kappa shape index (κ3) is 5.40. The number of halogens is 1. The molecule has 0 radical (unpaired) electrons. The Morgan fingerprint density at radius 1 is 0.880 bits per heavy atom. The van der Waals surface area contributed by atoms with Crippen molar-refractivity contribution in [3.05, 3.63) is 77.9 Å². The Kier molecular flexibility index (Phi) is 5.75. The number of hydrogen-bond acceptors (Lipinski definition) is 4. The van der Waals surface area contributed by atoms with E-state index in [1.807, 2.05) is 61.5 Å². The van der Waals surface area contributed by atoms with Crippen molar-refractivity contribution in [2.24, 2.45) is 0 Å². The highest BCUT2D eigenvalue weighted by atomic mass is 35.5. The van der Waals surface area contributed by atoms with Crippen molar-refractivity contribution < 1.29 is 14.2 Å². The van der Waals surface area contributed by atoms with Crippen LogP contribution in [0.5, 0.6) is 23.1 Å². The molecule has 1 unspecified atom stereocenters. The summed E-state index contributed by atoms with van der Waals surface area (Å²) < 4.78 is 17.2. The first-order valence-electron chi connectivity index (χ1n) is 7.93. The summed E-state index contributed by atoms with van der Waals surface area (Å²) in [6, 6.07) is 20.2. The monoisotopic (exact) mass is 355 g/mol. The molecule has 0 aliphatic carbocycles. The van der Waals surface area contributed by atoms with Crippen molar-refractivity contribution in [1.82, 2.24) is 4.98 Å². The summed E-state index contributed by atoms with van der Waals surface area (Å²) >= 11 is 5.86. The normalized spacial score (nSPS) is 11.6. The van der Waals surface area contributed by atoms with Gasteiger partial charge in [0.05, 0.1) is 0 Å². The van der Waals surface area contributed by atoms with Gasteiger partial charge in [-0.3, -0.25) is 0 Å². The Hall–Kier alpha value is -2.72. The summed E-state index contributed by atoms with van der Waals surface area (Å²) in [5.74, 6) is 2.80. The second kappa shape index (κ2) is 8.40. The van der Waals surface area contributed by atoms with E-state index < -0.39 is 0 Å². The minimum Gasteiger partial charge on any atom is -0.490 e. The summed E-state index contributed by atoms with van der Waals surface area (Å²) in [7, 11) is 0. The van der Waals surface area contributed by atoms with Crippen molar-refractivity contribution in [2.45, 2.75) is 13.0 Å². The molecule has 4 nitrogen and oxygen atoms in total. The molecule has 0 aliphatic rings. The van der Waals surface area contributed by atoms with Crippen molar-refractivity contribution in [1.29, 1.82) is 0 Å². The Labute approximate surface area is 152 Å². The lowest BCUT2D eigenvalue weighted by Crippen LogP contribution is -2.21. The average Bonchev–Trinajstić information content (AvgIpc) is 2.64. The molecule has 1 aromatic heterocycles. The molecule has 0 saturated heterocycles. The first kappa shape index (κ1) is 17.1. The number of nitrogens with zero attached hydrogens (tertiary/aromatic N) is 1. The fourth-order valence-electron chi connectivity index (χ4n) is 2.11. The van der Waals surface area contributed by atoms with Crippen LogP contribution in [0.4, 0.5) is 0 Å². The van der Waals surface area contributed by atoms with Crippen molar-refractivity contribution >= 4 is 11.6 Å². The predicted molar refractivity (Wildman–Crippen MR) is 97.8 cm³/mol. The number of pyridine rings is 1. The minimum atomic E-state index is -0.111. The Morgan fingerprint density at radius 3 is 2.16 bits per heavy atom. The van der Waals surface area contributed by atoms with Crippen LogP contribution in [-0.4, -0.2) is 17.7 Å². The van der Waals surface area contributed by atoms with Gasteiger partial charge in [-0.1, -0.05) is 17.7 Å². The van der Waals surface area contributed by atoms with E-state index in [9.17, 15) is 0 Å². The van der Waals surface area contributed by atoms with Gasteiger partial charge in [0.15, 0.2) is 0 Å². The molecule has 0 bridgehead atoms. The topological polar surface area (TPSA) is 40.6 Å². The van der Waals surface area contributed by atoms with Gasteiger partial charge in [0, 0.05) is 17.3 Å². The van der Waals surface area contributed by atoms with E-state index in [0.717, 1.165) is 17.2 Å². The number of hydrogen-bond donors (Lipinski definition) is 0. The largest absolute Gasteiger partial charge is 0.490 e. The lowest BCUT2D eigenvalue weighted by Gasteiger charge is -2.15. The van der Waals surface area contributed by atoms with Crippen LogP contribution in [0.1, 0.15) is 6.92 Å². The maximum atomic E-state index is 5.86. The lowest BCUT2D eigenvalue weighted by atomic mass is 10.3. The molecule has 2 aromatic carbocycles. The smallest absolute Gasteiger partial charge is 0.213 e. The molecule has 1 atom stereocenters. The van der Waals surface area contributed by atoms with Crippen LogP contribution < -0.4 is 14.2 Å². The predicted octanol–water partition coefficient (Wildman–Crippen LogP) is 5.37. The molecule has 0 aliphatic heterocycles. The Bertz CT molecular complexity index is 776. The quantitative estimate of drug-likeness (QED) is 0.571. The van der Waals surface area contributed by atoms with Gasteiger partial charge in [-0.2, -0.15) is 0 Å². The van der Waals surface area contributed by atoms with E-state index in [1.54, 1.807) is 18.3 Å². The number of aromatic nitrogens is 1. The molecule has 0 N–H and O–H groups in total. The van der Waals surface area contributed by atoms with Crippen LogP contribution in [0.25, 0.3) is 0 Å². The van der Waals surface area contributed by atoms with Crippen LogP contribution in [0.3, 0.4) is 0 Å². The molecule has 0 spiro atoms. The van der Waals surface area contributed by atoms with Crippen LogP contribution in [0.15, 0.2) is 72.9 Å². The summed E-state index contributed by atoms with van der Waals surface area (Å²) in [6.07, 6.45) is 1.59. The molecule has 5 heteroatoms. The van der Waals surface area contributed by atoms with Crippen LogP contribution in [0, 0.1) is 0 Å². The number of benzene rings is 2. The number of ether oxygens (including phenoxy) is 3. The first-order chi connectivity index (χ1) is 12.2. The highest BCUT2D eigenvalue weighted by Gasteiger charge is 2.06. The highest BCUT2D eigenvalue weighted by molar-refractivity contribution is 6.30. The molecule has 1 heterocycles. The fraction of sp³-hybridized carbons (Fsp3) is 0.150. The van der Waals surface area contributed by atoms with Crippen molar-refractivity contribution in [2.75, 3.05) is 6.61 Å². The summed E-state index contributed by atoms with van der Waals surface area (Å²) in [5, 5.41) is 0.679. The molecular formula is C20H18ClNO3. The Morgan fingerprint density at radius 2 is 1.52 bits per heavy atom. The molecule has 0 fully saturated rings. The standard InChI is InChI=1S/C20H18ClNO3/c1-15(24-20-4-2-3-13-22-20)14-23-17-9-11-19(12-10-17)25-18-7-5-16(21)6-8-18/h2-13,15H,14H2,1H3. The molecule has 0 saturated carbocycles. The maximum absolute atomic E-state index is 5.86. The summed E-state index contributed by atoms with van der Waals surface area (Å²) in [6.45, 7) is 2.36. The van der Waals surface area contributed by atoms with E-state index in [1.165, 1.54) is 0 Å². The molecule has 25 heavy (non-hydrogen) atoms.